The fraction of sp³-hybridized carbons (Fsp3) is 0.240. The van der Waals surface area contributed by atoms with Gasteiger partial charge >= 0.3 is 23.5 Å². The maximum Gasteiger partial charge on any atom is 0.433 e. The quantitative estimate of drug-likeness (QED) is 0.346. The van der Waals surface area contributed by atoms with Gasteiger partial charge in [0.2, 0.25) is 5.62 Å². The van der Waals surface area contributed by atoms with Gasteiger partial charge in [-0.15, -0.1) is 0 Å². The molecule has 2 aromatic heterocycles. The minimum Gasteiger partial charge on any atom is -0.481 e. The van der Waals surface area contributed by atoms with Gasteiger partial charge in [-0.1, -0.05) is 29.8 Å². The number of halogens is 4. The molecule has 10 nitrogen and oxygen atoms in total. The van der Waals surface area contributed by atoms with Gasteiger partial charge in [0, 0.05) is 10.4 Å². The van der Waals surface area contributed by atoms with Crippen molar-refractivity contribution < 1.29 is 23.1 Å². The summed E-state index contributed by atoms with van der Waals surface area (Å²) in [5, 5.41) is 10.2. The summed E-state index contributed by atoms with van der Waals surface area (Å²) >= 11 is 5.96. The van der Waals surface area contributed by atoms with Crippen LogP contribution in [0.25, 0.3) is 10.9 Å². The highest BCUT2D eigenvalue weighted by molar-refractivity contribution is 6.30. The lowest BCUT2D eigenvalue weighted by Gasteiger charge is -2.21. The lowest BCUT2D eigenvalue weighted by molar-refractivity contribution is -0.142. The number of rotatable bonds is 6. The molecule has 2 aromatic carbocycles. The molecule has 0 aliphatic carbocycles. The van der Waals surface area contributed by atoms with Crippen LogP contribution in [0, 0.1) is 5.92 Å². The molecule has 0 bridgehead atoms. The minimum atomic E-state index is -4.61. The van der Waals surface area contributed by atoms with Gasteiger partial charge < -0.3 is 10.9 Å². The van der Waals surface area contributed by atoms with Crippen molar-refractivity contribution in [2.75, 3.05) is 5.84 Å². The monoisotopic (exact) mass is 562 g/mol. The van der Waals surface area contributed by atoms with E-state index in [-0.39, 0.29) is 23.4 Å². The molecule has 39 heavy (non-hydrogen) atoms. The molecule has 3 N–H and O–H groups in total. The standard InChI is InChI=1S/C25H22ClF3N6O4/c1-13(21(36)37)14(2)34-23(38)33(12-15-3-6-17(26)7-4-15)22(35(30)24(34)39)31-18-8-9-19-16(11-18)5-10-20(32-19)25(27,28)29/h3-11,13-14H,12,30H2,1-2H3,(H,36,37)/t13-,14+/m1/s1. The molecule has 0 saturated heterocycles. The molecule has 0 amide bonds. The summed E-state index contributed by atoms with van der Waals surface area (Å²) in [7, 11) is 0. The van der Waals surface area contributed by atoms with Crippen molar-refractivity contribution in [3.63, 3.8) is 0 Å². The van der Waals surface area contributed by atoms with Gasteiger partial charge in [0.05, 0.1) is 29.7 Å². The molecule has 0 aliphatic heterocycles. The predicted octanol–water partition coefficient (Wildman–Crippen LogP) is 3.31. The summed E-state index contributed by atoms with van der Waals surface area (Å²) in [4.78, 5) is 46.3. The molecular weight excluding hydrogens is 541 g/mol. The Morgan fingerprint density at radius 3 is 2.36 bits per heavy atom. The van der Waals surface area contributed by atoms with Crippen molar-refractivity contribution in [3.8, 4) is 0 Å². The van der Waals surface area contributed by atoms with E-state index in [0.29, 0.717) is 20.6 Å². The van der Waals surface area contributed by atoms with Crippen LogP contribution in [-0.2, 0) is 17.5 Å². The van der Waals surface area contributed by atoms with E-state index in [1.165, 1.54) is 38.1 Å². The lowest BCUT2D eigenvalue weighted by atomic mass is 10.0. The molecule has 14 heteroatoms. The minimum absolute atomic E-state index is 0.0647. The molecule has 0 fully saturated rings. The number of fused-ring (bicyclic) bond motifs is 1. The van der Waals surface area contributed by atoms with Crippen LogP contribution in [0.15, 0.2) is 69.2 Å². The number of carbonyl (C=O) groups is 1. The molecule has 2 heterocycles. The van der Waals surface area contributed by atoms with E-state index >= 15 is 0 Å². The van der Waals surface area contributed by atoms with Gasteiger partial charge in [-0.25, -0.2) is 24.1 Å². The summed E-state index contributed by atoms with van der Waals surface area (Å²) in [5.74, 6) is 3.78. The van der Waals surface area contributed by atoms with Crippen LogP contribution in [0.5, 0.6) is 0 Å². The van der Waals surface area contributed by atoms with Crippen LogP contribution in [0.3, 0.4) is 0 Å². The maximum atomic E-state index is 13.6. The second-order valence-corrected chi connectivity index (χ2v) is 9.30. The van der Waals surface area contributed by atoms with Crippen LogP contribution < -0.4 is 22.8 Å². The number of nitrogens with two attached hydrogens (primary N) is 1. The van der Waals surface area contributed by atoms with Crippen LogP contribution in [-0.4, -0.2) is 29.9 Å². The third kappa shape index (κ3) is 5.58. The molecule has 204 valence electrons. The molecular formula is C25H22ClF3N6O4. The van der Waals surface area contributed by atoms with Gasteiger partial charge in [-0.3, -0.25) is 9.36 Å². The lowest BCUT2D eigenvalue weighted by Crippen LogP contribution is -2.58. The van der Waals surface area contributed by atoms with Gasteiger partial charge in [-0.05, 0) is 55.8 Å². The summed E-state index contributed by atoms with van der Waals surface area (Å²) in [6, 6.07) is 11.6. The van der Waals surface area contributed by atoms with Crippen LogP contribution in [0.2, 0.25) is 5.02 Å². The Hall–Kier alpha value is -4.39. The molecule has 0 saturated carbocycles. The van der Waals surface area contributed by atoms with Crippen LogP contribution in [0.4, 0.5) is 18.9 Å². The van der Waals surface area contributed by atoms with Gasteiger partial charge in [0.15, 0.2) is 0 Å². The van der Waals surface area contributed by atoms with Crippen LogP contribution >= 0.6 is 11.6 Å². The zero-order valence-corrected chi connectivity index (χ0v) is 21.3. The van der Waals surface area contributed by atoms with Crippen molar-refractivity contribution >= 4 is 34.2 Å². The Morgan fingerprint density at radius 2 is 1.74 bits per heavy atom. The average Bonchev–Trinajstić information content (AvgIpc) is 2.89. The normalized spacial score (nSPS) is 13.9. The highest BCUT2D eigenvalue weighted by Gasteiger charge is 2.32. The molecule has 0 spiro atoms. The highest BCUT2D eigenvalue weighted by atomic mass is 35.5. The Bertz CT molecular complexity index is 1760. The van der Waals surface area contributed by atoms with Gasteiger partial charge in [0.25, 0.3) is 0 Å². The Morgan fingerprint density at radius 1 is 1.08 bits per heavy atom. The van der Waals surface area contributed by atoms with E-state index in [4.69, 9.17) is 17.4 Å². The first kappa shape index (κ1) is 27.6. The Balaban J connectivity index is 1.95. The fourth-order valence-corrected chi connectivity index (χ4v) is 4.01. The largest absolute Gasteiger partial charge is 0.481 e. The van der Waals surface area contributed by atoms with E-state index in [1.807, 2.05) is 0 Å². The molecule has 0 unspecified atom stereocenters. The number of hydrogen-bond donors (Lipinski definition) is 2. The second kappa shape index (κ2) is 10.4. The molecule has 4 aromatic rings. The first-order chi connectivity index (χ1) is 18.3. The zero-order chi connectivity index (χ0) is 28.6. The molecule has 0 aliphatic rings. The topological polar surface area (TPSA) is 137 Å². The second-order valence-electron chi connectivity index (χ2n) is 8.87. The number of aliphatic carboxylic acids is 1. The zero-order valence-electron chi connectivity index (χ0n) is 20.6. The number of nitrogen functional groups attached to an aromatic ring is 1. The summed E-state index contributed by atoms with van der Waals surface area (Å²) in [6.45, 7) is 2.66. The smallest absolute Gasteiger partial charge is 0.433 e. The number of hydrogen-bond acceptors (Lipinski definition) is 6. The van der Waals surface area contributed by atoms with Crippen molar-refractivity contribution in [3.05, 3.63) is 97.5 Å². The van der Waals surface area contributed by atoms with Crippen molar-refractivity contribution in [2.45, 2.75) is 32.6 Å². The number of carboxylic acids is 1. The SMILES string of the molecule is C[C@@H](C(=O)O)[C@H](C)n1c(=O)n(N)c(=Nc2ccc3nc(C(F)(F)F)ccc3c2)n(Cc2ccc(Cl)cc2)c1=O. The van der Waals surface area contributed by atoms with E-state index in [1.54, 1.807) is 24.3 Å². The third-order valence-corrected chi connectivity index (χ3v) is 6.52. The van der Waals surface area contributed by atoms with E-state index in [9.17, 15) is 32.7 Å². The number of aromatic nitrogens is 4. The number of benzene rings is 2. The van der Waals surface area contributed by atoms with Gasteiger partial charge in [0.1, 0.15) is 5.69 Å². The number of alkyl halides is 3. The summed E-state index contributed by atoms with van der Waals surface area (Å²) in [5.41, 5.74) is -2.33. The number of nitrogens with zero attached hydrogens (tertiary/aromatic N) is 5. The average molecular weight is 563 g/mol. The molecule has 0 radical (unpaired) electrons. The predicted molar refractivity (Wildman–Crippen MR) is 137 cm³/mol. The van der Waals surface area contributed by atoms with Crippen LogP contribution in [0.1, 0.15) is 31.1 Å². The van der Waals surface area contributed by atoms with E-state index < -0.39 is 41.2 Å². The highest BCUT2D eigenvalue weighted by Crippen LogP contribution is 2.30. The van der Waals surface area contributed by atoms with E-state index in [2.05, 4.69) is 9.98 Å². The Kier molecular flexibility index (Phi) is 7.37. The first-order valence-electron chi connectivity index (χ1n) is 11.5. The maximum absolute atomic E-state index is 13.6. The van der Waals surface area contributed by atoms with E-state index in [0.717, 1.165) is 15.2 Å². The summed E-state index contributed by atoms with van der Waals surface area (Å²) in [6.07, 6.45) is -4.61. The number of pyridine rings is 1. The first-order valence-corrected chi connectivity index (χ1v) is 11.9. The van der Waals surface area contributed by atoms with Crippen molar-refractivity contribution in [2.24, 2.45) is 10.9 Å². The molecule has 2 atom stereocenters. The fourth-order valence-electron chi connectivity index (χ4n) is 3.89. The summed E-state index contributed by atoms with van der Waals surface area (Å²) < 4.78 is 41.6. The third-order valence-electron chi connectivity index (χ3n) is 6.27. The Labute approximate surface area is 223 Å². The number of carboxylic acid groups (broad SMARTS) is 1. The van der Waals surface area contributed by atoms with Crippen molar-refractivity contribution in [1.82, 2.24) is 18.8 Å². The molecule has 4 rings (SSSR count). The van der Waals surface area contributed by atoms with Gasteiger partial charge in [-0.2, -0.15) is 17.8 Å². The van der Waals surface area contributed by atoms with Crippen molar-refractivity contribution in [1.29, 1.82) is 0 Å².